The highest BCUT2D eigenvalue weighted by molar-refractivity contribution is 6.07. The van der Waals surface area contributed by atoms with E-state index in [2.05, 4.69) is 20.4 Å². The van der Waals surface area contributed by atoms with E-state index in [1.54, 1.807) is 37.8 Å². The topological polar surface area (TPSA) is 121 Å². The van der Waals surface area contributed by atoms with Crippen molar-refractivity contribution in [2.75, 3.05) is 18.2 Å². The van der Waals surface area contributed by atoms with Gasteiger partial charge in [0.2, 0.25) is 0 Å². The molecule has 1 aliphatic rings. The summed E-state index contributed by atoms with van der Waals surface area (Å²) >= 11 is 0. The van der Waals surface area contributed by atoms with E-state index in [1.807, 2.05) is 18.2 Å². The first-order valence-electron chi connectivity index (χ1n) is 9.72. The maximum absolute atomic E-state index is 12.6. The van der Waals surface area contributed by atoms with E-state index in [0.717, 1.165) is 35.4 Å². The number of aryl methyl sites for hydroxylation is 2. The van der Waals surface area contributed by atoms with Crippen LogP contribution in [0.1, 0.15) is 21.5 Å². The minimum absolute atomic E-state index is 0.0906. The molecule has 3 heterocycles. The van der Waals surface area contributed by atoms with Gasteiger partial charge in [-0.2, -0.15) is 0 Å². The number of hydrogen-bond donors (Lipinski definition) is 2. The lowest BCUT2D eigenvalue weighted by molar-refractivity contribution is 0.102. The first-order chi connectivity index (χ1) is 15.1. The Hall–Kier alpha value is -4.27. The van der Waals surface area contributed by atoms with Crippen molar-refractivity contribution in [3.63, 3.8) is 0 Å². The minimum atomic E-state index is -0.382. The molecule has 4 aromatic rings. The number of nitrogens with two attached hydrogens (primary N) is 1. The fraction of sp³-hybridized carbons (Fsp3) is 0.136. The van der Waals surface area contributed by atoms with E-state index in [1.165, 1.54) is 16.4 Å². The lowest BCUT2D eigenvalue weighted by Gasteiger charge is -2.19. The monoisotopic (exact) mass is 413 g/mol. The Labute approximate surface area is 177 Å². The summed E-state index contributed by atoms with van der Waals surface area (Å²) in [5.41, 5.74) is 10.9. The molecule has 0 saturated heterocycles. The van der Waals surface area contributed by atoms with Gasteiger partial charge in [-0.15, -0.1) is 5.10 Å². The number of nitrogens with zero attached hydrogens (tertiary/aromatic N) is 5. The number of anilines is 2. The molecule has 0 fully saturated rings. The number of nitrogen functional groups attached to an aromatic ring is 1. The van der Waals surface area contributed by atoms with Crippen molar-refractivity contribution in [2.24, 2.45) is 0 Å². The van der Waals surface area contributed by atoms with Gasteiger partial charge in [0.15, 0.2) is 5.82 Å². The molecule has 0 unspecified atom stereocenters. The van der Waals surface area contributed by atoms with E-state index in [-0.39, 0.29) is 17.3 Å². The van der Waals surface area contributed by atoms with Gasteiger partial charge in [0.25, 0.3) is 11.9 Å². The maximum atomic E-state index is 12.6. The van der Waals surface area contributed by atoms with Crippen LogP contribution in [0.5, 0.6) is 5.75 Å². The first kappa shape index (κ1) is 18.7. The minimum Gasteiger partial charge on any atom is -0.497 e. The average Bonchev–Trinajstić information content (AvgIpc) is 3.20. The molecule has 9 heteroatoms. The predicted molar refractivity (Wildman–Crippen MR) is 115 cm³/mol. The summed E-state index contributed by atoms with van der Waals surface area (Å²) in [5, 5.41) is 7.00. The first-order valence-corrected chi connectivity index (χ1v) is 9.72. The highest BCUT2D eigenvalue weighted by atomic mass is 16.5. The van der Waals surface area contributed by atoms with E-state index in [0.29, 0.717) is 11.6 Å². The molecule has 0 bridgehead atoms. The molecule has 0 radical (unpaired) electrons. The molecule has 9 nitrogen and oxygen atoms in total. The summed E-state index contributed by atoms with van der Waals surface area (Å²) < 4.78 is 6.76. The van der Waals surface area contributed by atoms with E-state index in [4.69, 9.17) is 15.5 Å². The Bertz CT molecular complexity index is 1280. The summed E-state index contributed by atoms with van der Waals surface area (Å²) in [4.78, 5) is 25.8. The number of fused-ring (bicyclic) bond motifs is 3. The van der Waals surface area contributed by atoms with Gasteiger partial charge in [-0.1, -0.05) is 0 Å². The lowest BCUT2D eigenvalue weighted by atomic mass is 9.90. The molecule has 31 heavy (non-hydrogen) atoms. The molecule has 0 aliphatic heterocycles. The second kappa shape index (κ2) is 7.52. The number of hydrogen-bond acceptors (Lipinski definition) is 7. The smallest absolute Gasteiger partial charge is 0.261 e. The second-order valence-electron chi connectivity index (χ2n) is 7.14. The molecule has 154 valence electrons. The standard InChI is InChI=1S/C22H19N7O2/c1-31-16-6-7-17-13(9-16)4-5-14-10-25-22(27-19(14)17)29-12-18(20(23)28-29)21(30)26-15-3-2-8-24-11-15/h2-3,6-12H,4-5H2,1H3,(H2,23,28)(H,26,30). The molecule has 0 atom stereocenters. The zero-order valence-electron chi connectivity index (χ0n) is 16.7. The quantitative estimate of drug-likeness (QED) is 0.527. The van der Waals surface area contributed by atoms with Crippen molar-refractivity contribution in [2.45, 2.75) is 12.8 Å². The maximum Gasteiger partial charge on any atom is 0.261 e. The van der Waals surface area contributed by atoms with Crippen molar-refractivity contribution in [1.29, 1.82) is 0 Å². The van der Waals surface area contributed by atoms with Crippen LogP contribution in [0.15, 0.2) is 55.1 Å². The SMILES string of the molecule is COc1ccc2c(c1)CCc1cnc(-n3cc(C(=O)Nc4cccnc4)c(N)n3)nc1-2. The molecule has 3 aromatic heterocycles. The van der Waals surface area contributed by atoms with Crippen molar-refractivity contribution < 1.29 is 9.53 Å². The van der Waals surface area contributed by atoms with Crippen LogP contribution >= 0.6 is 0 Å². The van der Waals surface area contributed by atoms with Crippen LogP contribution in [0.3, 0.4) is 0 Å². The summed E-state index contributed by atoms with van der Waals surface area (Å²) in [6, 6.07) is 9.43. The normalized spacial score (nSPS) is 12.0. The van der Waals surface area contributed by atoms with Gasteiger partial charge in [0.1, 0.15) is 11.3 Å². The number of nitrogens with one attached hydrogen (secondary N) is 1. The molecule has 5 rings (SSSR count). The predicted octanol–water partition coefficient (Wildman–Crippen LogP) is 2.67. The van der Waals surface area contributed by atoms with Crippen LogP contribution in [-0.2, 0) is 12.8 Å². The van der Waals surface area contributed by atoms with Gasteiger partial charge < -0.3 is 15.8 Å². The van der Waals surface area contributed by atoms with Gasteiger partial charge in [0.05, 0.1) is 24.7 Å². The number of carbonyl (C=O) groups excluding carboxylic acids is 1. The van der Waals surface area contributed by atoms with Gasteiger partial charge in [0, 0.05) is 24.2 Å². The molecule has 0 spiro atoms. The highest BCUT2D eigenvalue weighted by Gasteiger charge is 2.21. The number of pyridine rings is 1. The molecular formula is C22H19N7O2. The van der Waals surface area contributed by atoms with E-state index < -0.39 is 0 Å². The van der Waals surface area contributed by atoms with Crippen molar-refractivity contribution in [3.8, 4) is 23.0 Å². The summed E-state index contributed by atoms with van der Waals surface area (Å²) in [6.45, 7) is 0. The fourth-order valence-electron chi connectivity index (χ4n) is 3.63. The molecular weight excluding hydrogens is 394 g/mol. The Morgan fingerprint density at radius 1 is 1.19 bits per heavy atom. The number of methoxy groups -OCH3 is 1. The lowest BCUT2D eigenvalue weighted by Crippen LogP contribution is -2.13. The molecule has 1 aromatic carbocycles. The van der Waals surface area contributed by atoms with Gasteiger partial charge in [-0.25, -0.2) is 14.6 Å². The number of aromatic nitrogens is 5. The van der Waals surface area contributed by atoms with Crippen molar-refractivity contribution in [3.05, 3.63) is 71.8 Å². The van der Waals surface area contributed by atoms with E-state index >= 15 is 0 Å². The summed E-state index contributed by atoms with van der Waals surface area (Å²) in [7, 11) is 1.66. The number of benzene rings is 1. The molecule has 0 saturated carbocycles. The summed E-state index contributed by atoms with van der Waals surface area (Å²) in [6.07, 6.45) is 8.26. The van der Waals surface area contributed by atoms with Crippen LogP contribution in [0.2, 0.25) is 0 Å². The van der Waals surface area contributed by atoms with Crippen LogP contribution in [0.25, 0.3) is 17.2 Å². The van der Waals surface area contributed by atoms with Crippen LogP contribution < -0.4 is 15.8 Å². The number of amides is 1. The number of carbonyl (C=O) groups is 1. The van der Waals surface area contributed by atoms with Crippen LogP contribution in [0, 0.1) is 0 Å². The third-order valence-corrected chi connectivity index (χ3v) is 5.19. The van der Waals surface area contributed by atoms with Crippen molar-refractivity contribution in [1.82, 2.24) is 24.7 Å². The Kier molecular flexibility index (Phi) is 4.55. The summed E-state index contributed by atoms with van der Waals surface area (Å²) in [5.74, 6) is 0.871. The highest BCUT2D eigenvalue weighted by Crippen LogP contribution is 2.34. The van der Waals surface area contributed by atoms with E-state index in [9.17, 15) is 4.79 Å². The Morgan fingerprint density at radius 2 is 2.06 bits per heavy atom. The molecule has 3 N–H and O–H groups in total. The van der Waals surface area contributed by atoms with Gasteiger partial charge in [-0.05, 0) is 54.3 Å². The Balaban J connectivity index is 1.48. The third kappa shape index (κ3) is 3.46. The number of rotatable bonds is 4. The largest absolute Gasteiger partial charge is 0.497 e. The zero-order valence-corrected chi connectivity index (χ0v) is 16.7. The van der Waals surface area contributed by atoms with Gasteiger partial charge in [-0.3, -0.25) is 9.78 Å². The van der Waals surface area contributed by atoms with Crippen LogP contribution in [0.4, 0.5) is 11.5 Å². The fourth-order valence-corrected chi connectivity index (χ4v) is 3.63. The second-order valence-corrected chi connectivity index (χ2v) is 7.14. The zero-order chi connectivity index (χ0) is 21.4. The van der Waals surface area contributed by atoms with Gasteiger partial charge >= 0.3 is 0 Å². The van der Waals surface area contributed by atoms with Crippen molar-refractivity contribution >= 4 is 17.4 Å². The third-order valence-electron chi connectivity index (χ3n) is 5.19. The molecule has 1 amide bonds. The molecule has 1 aliphatic carbocycles. The van der Waals surface area contributed by atoms with Crippen LogP contribution in [-0.4, -0.2) is 37.7 Å². The average molecular weight is 413 g/mol. The Morgan fingerprint density at radius 3 is 2.87 bits per heavy atom. The number of ether oxygens (including phenoxy) is 1.